The molecule has 0 aliphatic carbocycles. The summed E-state index contributed by atoms with van der Waals surface area (Å²) in [5, 5.41) is 3.00. The van der Waals surface area contributed by atoms with Crippen LogP contribution in [0.25, 0.3) is 11.0 Å². The maximum atomic E-state index is 12.6. The Balaban J connectivity index is 1.33. The average Bonchev–Trinajstić information content (AvgIpc) is 3.35. The van der Waals surface area contributed by atoms with Crippen molar-refractivity contribution in [2.45, 2.75) is 19.8 Å². The molecule has 1 atom stereocenters. The van der Waals surface area contributed by atoms with Crippen LogP contribution in [0.4, 0.5) is 16.2 Å². The van der Waals surface area contributed by atoms with Crippen LogP contribution in [-0.2, 0) is 6.42 Å². The zero-order valence-corrected chi connectivity index (χ0v) is 16.5. The van der Waals surface area contributed by atoms with Gasteiger partial charge in [-0.3, -0.25) is 0 Å². The van der Waals surface area contributed by atoms with Crippen LogP contribution in [0, 0.1) is 5.92 Å². The van der Waals surface area contributed by atoms with Gasteiger partial charge in [-0.15, -0.1) is 0 Å². The number of imidazole rings is 1. The van der Waals surface area contributed by atoms with E-state index in [4.69, 9.17) is 0 Å². The Morgan fingerprint density at radius 1 is 1.29 bits per heavy atom. The Morgan fingerprint density at radius 3 is 2.89 bits per heavy atom. The molecule has 4 rings (SSSR count). The van der Waals surface area contributed by atoms with E-state index in [2.05, 4.69) is 51.4 Å². The molecule has 0 spiro atoms. The zero-order valence-electron chi connectivity index (χ0n) is 16.5. The lowest BCUT2D eigenvalue weighted by atomic mass is 10.1. The highest BCUT2D eigenvalue weighted by atomic mass is 16.2. The number of aromatic amines is 1. The molecule has 2 aromatic carbocycles. The van der Waals surface area contributed by atoms with Gasteiger partial charge in [0.25, 0.3) is 0 Å². The summed E-state index contributed by atoms with van der Waals surface area (Å²) in [6, 6.07) is 16.2. The molecule has 0 bridgehead atoms. The molecule has 1 fully saturated rings. The lowest BCUT2D eigenvalue weighted by Crippen LogP contribution is -2.36. The highest BCUT2D eigenvalue weighted by Gasteiger charge is 2.25. The van der Waals surface area contributed by atoms with Crippen molar-refractivity contribution in [2.75, 3.05) is 36.9 Å². The van der Waals surface area contributed by atoms with E-state index in [0.29, 0.717) is 5.92 Å². The minimum Gasteiger partial charge on any atom is -0.371 e. The van der Waals surface area contributed by atoms with E-state index in [0.717, 1.165) is 55.0 Å². The number of para-hydroxylation sites is 1. The molecule has 3 aromatic rings. The Labute approximate surface area is 165 Å². The number of carbonyl (C=O) groups is 1. The number of hydrogen-bond acceptors (Lipinski definition) is 3. The molecule has 146 valence electrons. The molecule has 2 amide bonds. The van der Waals surface area contributed by atoms with Crippen molar-refractivity contribution in [1.29, 1.82) is 0 Å². The maximum Gasteiger partial charge on any atom is 0.321 e. The molecule has 0 radical (unpaired) electrons. The number of aryl methyl sites for hydroxylation is 1. The summed E-state index contributed by atoms with van der Waals surface area (Å²) in [6.07, 6.45) is 1.97. The number of nitrogens with one attached hydrogen (secondary N) is 2. The highest BCUT2D eigenvalue weighted by Crippen LogP contribution is 2.24. The third kappa shape index (κ3) is 3.96. The molecular weight excluding hydrogens is 350 g/mol. The van der Waals surface area contributed by atoms with E-state index in [1.54, 1.807) is 4.90 Å². The molecule has 0 unspecified atom stereocenters. The second kappa shape index (κ2) is 7.92. The summed E-state index contributed by atoms with van der Waals surface area (Å²) < 4.78 is 0. The normalized spacial score (nSPS) is 16.5. The van der Waals surface area contributed by atoms with Crippen LogP contribution in [-0.4, -0.2) is 47.6 Å². The number of H-pyrrole nitrogens is 1. The predicted octanol–water partition coefficient (Wildman–Crippen LogP) is 4.12. The highest BCUT2D eigenvalue weighted by molar-refractivity contribution is 5.91. The SMILES string of the molecule is CCc1nc2ccc(NC(=O)N(C)C[C@H]3CCN(c4ccccc4)C3)cc2[nH]1. The maximum absolute atomic E-state index is 12.6. The molecule has 1 aromatic heterocycles. The number of amides is 2. The standard InChI is InChI=1S/C22H27N5O/c1-3-21-24-19-10-9-17(13-20(19)25-21)23-22(28)26(2)14-16-11-12-27(15-16)18-7-5-4-6-8-18/h4-10,13,16H,3,11-12,14-15H2,1-2H3,(H,23,28)(H,24,25)/t16-/m1/s1. The van der Waals surface area contributed by atoms with Crippen molar-refractivity contribution < 1.29 is 4.79 Å². The van der Waals surface area contributed by atoms with Crippen molar-refractivity contribution in [3.8, 4) is 0 Å². The summed E-state index contributed by atoms with van der Waals surface area (Å²) in [5.74, 6) is 1.44. The van der Waals surface area contributed by atoms with Gasteiger partial charge in [-0.25, -0.2) is 9.78 Å². The van der Waals surface area contributed by atoms with Gasteiger partial charge in [0.1, 0.15) is 5.82 Å². The predicted molar refractivity (Wildman–Crippen MR) is 114 cm³/mol. The second-order valence-electron chi connectivity index (χ2n) is 7.52. The van der Waals surface area contributed by atoms with Gasteiger partial charge in [-0.2, -0.15) is 0 Å². The van der Waals surface area contributed by atoms with Gasteiger partial charge in [0.2, 0.25) is 0 Å². The molecule has 1 aliphatic heterocycles. The molecule has 2 heterocycles. The van der Waals surface area contributed by atoms with Crippen LogP contribution < -0.4 is 10.2 Å². The van der Waals surface area contributed by atoms with Crippen molar-refractivity contribution in [2.24, 2.45) is 5.92 Å². The van der Waals surface area contributed by atoms with Crippen LogP contribution in [0.15, 0.2) is 48.5 Å². The Kier molecular flexibility index (Phi) is 5.19. The smallest absolute Gasteiger partial charge is 0.321 e. The Hall–Kier alpha value is -3.02. The second-order valence-corrected chi connectivity index (χ2v) is 7.52. The average molecular weight is 377 g/mol. The molecule has 0 saturated carbocycles. The summed E-state index contributed by atoms with van der Waals surface area (Å²) >= 11 is 0. The van der Waals surface area contributed by atoms with E-state index in [9.17, 15) is 4.79 Å². The van der Waals surface area contributed by atoms with Crippen molar-refractivity contribution in [3.63, 3.8) is 0 Å². The number of hydrogen-bond donors (Lipinski definition) is 2. The number of fused-ring (bicyclic) bond motifs is 1. The number of anilines is 2. The van der Waals surface area contributed by atoms with Gasteiger partial charge >= 0.3 is 6.03 Å². The van der Waals surface area contributed by atoms with E-state index in [1.165, 1.54) is 5.69 Å². The molecular formula is C22H27N5O. The van der Waals surface area contributed by atoms with Crippen molar-refractivity contribution in [1.82, 2.24) is 14.9 Å². The fourth-order valence-corrected chi connectivity index (χ4v) is 3.85. The zero-order chi connectivity index (χ0) is 19.5. The number of carbonyl (C=O) groups excluding carboxylic acids is 1. The first kappa shape index (κ1) is 18.3. The van der Waals surface area contributed by atoms with Gasteiger partial charge in [0.05, 0.1) is 11.0 Å². The molecule has 1 aliphatic rings. The largest absolute Gasteiger partial charge is 0.371 e. The molecule has 28 heavy (non-hydrogen) atoms. The number of rotatable bonds is 5. The summed E-state index contributed by atoms with van der Waals surface area (Å²) in [4.78, 5) is 24.6. The summed E-state index contributed by atoms with van der Waals surface area (Å²) in [7, 11) is 1.87. The Morgan fingerprint density at radius 2 is 2.11 bits per heavy atom. The lowest BCUT2D eigenvalue weighted by Gasteiger charge is -2.23. The Bertz CT molecular complexity index is 952. The third-order valence-electron chi connectivity index (χ3n) is 5.40. The van der Waals surface area contributed by atoms with Gasteiger partial charge in [0.15, 0.2) is 0 Å². The topological polar surface area (TPSA) is 64.3 Å². The van der Waals surface area contributed by atoms with Crippen molar-refractivity contribution >= 4 is 28.4 Å². The lowest BCUT2D eigenvalue weighted by molar-refractivity contribution is 0.215. The van der Waals surface area contributed by atoms with Crippen LogP contribution >= 0.6 is 0 Å². The van der Waals surface area contributed by atoms with Crippen molar-refractivity contribution in [3.05, 3.63) is 54.4 Å². The minimum atomic E-state index is -0.0762. The summed E-state index contributed by atoms with van der Waals surface area (Å²) in [6.45, 7) is 4.85. The first-order valence-corrected chi connectivity index (χ1v) is 9.93. The van der Waals surface area contributed by atoms with Crippen LogP contribution in [0.1, 0.15) is 19.2 Å². The monoisotopic (exact) mass is 377 g/mol. The first-order valence-electron chi connectivity index (χ1n) is 9.93. The van der Waals surface area contributed by atoms with Gasteiger partial charge < -0.3 is 20.1 Å². The third-order valence-corrected chi connectivity index (χ3v) is 5.40. The number of urea groups is 1. The number of benzene rings is 2. The van der Waals surface area contributed by atoms with Gasteiger partial charge in [-0.05, 0) is 42.7 Å². The minimum absolute atomic E-state index is 0.0762. The molecule has 2 N–H and O–H groups in total. The van der Waals surface area contributed by atoms with E-state index < -0.39 is 0 Å². The number of nitrogens with zero attached hydrogens (tertiary/aromatic N) is 3. The van der Waals surface area contributed by atoms with Crippen LogP contribution in [0.5, 0.6) is 0 Å². The quantitative estimate of drug-likeness (QED) is 0.703. The molecule has 1 saturated heterocycles. The van der Waals surface area contributed by atoms with E-state index in [-0.39, 0.29) is 6.03 Å². The number of aromatic nitrogens is 2. The fraction of sp³-hybridized carbons (Fsp3) is 0.364. The van der Waals surface area contributed by atoms with Gasteiger partial charge in [-0.1, -0.05) is 25.1 Å². The van der Waals surface area contributed by atoms with Crippen LogP contribution in [0.3, 0.4) is 0 Å². The van der Waals surface area contributed by atoms with E-state index in [1.807, 2.05) is 31.3 Å². The molecule has 6 heteroatoms. The van der Waals surface area contributed by atoms with E-state index >= 15 is 0 Å². The van der Waals surface area contributed by atoms with Gasteiger partial charge in [0, 0.05) is 44.5 Å². The molecule has 6 nitrogen and oxygen atoms in total. The first-order chi connectivity index (χ1) is 13.6. The fourth-order valence-electron chi connectivity index (χ4n) is 3.85. The summed E-state index contributed by atoms with van der Waals surface area (Å²) in [5.41, 5.74) is 3.92. The van der Waals surface area contributed by atoms with Crippen LogP contribution in [0.2, 0.25) is 0 Å².